The van der Waals surface area contributed by atoms with Crippen LogP contribution < -0.4 is 10.6 Å². The average molecular weight is 325 g/mol. The van der Waals surface area contributed by atoms with Gasteiger partial charge in [-0.1, -0.05) is 11.6 Å². The van der Waals surface area contributed by atoms with E-state index in [0.29, 0.717) is 22.7 Å². The van der Waals surface area contributed by atoms with Crippen LogP contribution in [0.2, 0.25) is 5.02 Å². The molecule has 0 unspecified atom stereocenters. The van der Waals surface area contributed by atoms with Gasteiger partial charge >= 0.3 is 0 Å². The molecule has 21 heavy (non-hydrogen) atoms. The lowest BCUT2D eigenvalue weighted by Gasteiger charge is -2.07. The van der Waals surface area contributed by atoms with Crippen molar-refractivity contribution in [2.75, 3.05) is 11.9 Å². The first-order chi connectivity index (χ1) is 10.0. The zero-order valence-electron chi connectivity index (χ0n) is 11.1. The number of halogens is 1. The van der Waals surface area contributed by atoms with Gasteiger partial charge < -0.3 is 15.7 Å². The molecule has 7 heteroatoms. The molecule has 1 aromatic heterocycles. The molecule has 0 radical (unpaired) electrons. The smallest absolute Gasteiger partial charge is 0.263 e. The Morgan fingerprint density at radius 1 is 1.29 bits per heavy atom. The van der Waals surface area contributed by atoms with E-state index in [9.17, 15) is 14.7 Å². The van der Waals surface area contributed by atoms with Crippen molar-refractivity contribution < 1.29 is 14.7 Å². The van der Waals surface area contributed by atoms with Crippen LogP contribution in [0.4, 0.5) is 5.69 Å². The molecule has 0 aliphatic heterocycles. The fraction of sp³-hybridized carbons (Fsp3) is 0.143. The zero-order valence-corrected chi connectivity index (χ0v) is 12.7. The van der Waals surface area contributed by atoms with E-state index in [2.05, 4.69) is 10.6 Å². The van der Waals surface area contributed by atoms with Crippen molar-refractivity contribution >= 4 is 40.4 Å². The lowest BCUT2D eigenvalue weighted by molar-refractivity contribution is 0.0960. The molecular formula is C14H13ClN2O3S. The third kappa shape index (κ3) is 3.53. The van der Waals surface area contributed by atoms with Crippen molar-refractivity contribution in [1.29, 1.82) is 0 Å². The second-order valence-corrected chi connectivity index (χ2v) is 5.47. The molecular weight excluding hydrogens is 312 g/mol. The molecule has 0 atom stereocenters. The number of hydrogen-bond acceptors (Lipinski definition) is 4. The van der Waals surface area contributed by atoms with Gasteiger partial charge in [0.1, 0.15) is 10.6 Å². The van der Waals surface area contributed by atoms with Gasteiger partial charge in [0.25, 0.3) is 11.8 Å². The number of carbonyl (C=O) groups excluding carboxylic acids is 2. The maximum Gasteiger partial charge on any atom is 0.263 e. The maximum atomic E-state index is 12.1. The Labute approximate surface area is 130 Å². The molecule has 0 fully saturated rings. The van der Waals surface area contributed by atoms with Gasteiger partial charge in [-0.25, -0.2) is 0 Å². The number of nitrogens with one attached hydrogen (secondary N) is 2. The monoisotopic (exact) mass is 324 g/mol. The molecule has 2 aromatic rings. The first kappa shape index (κ1) is 15.3. The molecule has 110 valence electrons. The Morgan fingerprint density at radius 2 is 2.05 bits per heavy atom. The third-order valence-corrected chi connectivity index (χ3v) is 3.88. The molecule has 0 aliphatic carbocycles. The van der Waals surface area contributed by atoms with Crippen LogP contribution in [-0.2, 0) is 0 Å². The summed E-state index contributed by atoms with van der Waals surface area (Å²) in [6.45, 7) is 2.33. The van der Waals surface area contributed by atoms with Crippen LogP contribution >= 0.6 is 22.9 Å². The number of thiophene rings is 1. The Balaban J connectivity index is 2.18. The molecule has 1 heterocycles. The van der Waals surface area contributed by atoms with E-state index in [1.807, 2.05) is 6.92 Å². The van der Waals surface area contributed by atoms with Crippen LogP contribution in [-0.4, -0.2) is 23.5 Å². The quantitative estimate of drug-likeness (QED) is 0.808. The number of amides is 2. The summed E-state index contributed by atoms with van der Waals surface area (Å²) in [5, 5.41) is 16.5. The standard InChI is InChI=1S/C14H13ClN2O3S/c1-2-16-14(20)12-10(5-6-21-12)17-13(19)8-3-4-11(18)9(15)7-8/h3-7,18H,2H2,1H3,(H,16,20)(H,17,19). The van der Waals surface area contributed by atoms with Gasteiger partial charge in [-0.15, -0.1) is 11.3 Å². The fourth-order valence-electron chi connectivity index (χ4n) is 1.67. The van der Waals surface area contributed by atoms with E-state index in [0.717, 1.165) is 0 Å². The van der Waals surface area contributed by atoms with Gasteiger partial charge in [0.2, 0.25) is 0 Å². The minimum Gasteiger partial charge on any atom is -0.506 e. The van der Waals surface area contributed by atoms with Crippen LogP contribution in [0.3, 0.4) is 0 Å². The lowest BCUT2D eigenvalue weighted by atomic mass is 10.2. The van der Waals surface area contributed by atoms with Crippen LogP contribution in [0.1, 0.15) is 27.0 Å². The molecule has 0 bridgehead atoms. The number of hydrogen-bond donors (Lipinski definition) is 3. The summed E-state index contributed by atoms with van der Waals surface area (Å²) in [6, 6.07) is 5.82. The van der Waals surface area contributed by atoms with Gasteiger partial charge in [-0.2, -0.15) is 0 Å². The van der Waals surface area contributed by atoms with Gasteiger partial charge in [0.15, 0.2) is 0 Å². The van der Waals surface area contributed by atoms with Gasteiger partial charge in [-0.3, -0.25) is 9.59 Å². The van der Waals surface area contributed by atoms with Gasteiger partial charge in [-0.05, 0) is 36.6 Å². The SMILES string of the molecule is CCNC(=O)c1sccc1NC(=O)c1ccc(O)c(Cl)c1. The first-order valence-corrected chi connectivity index (χ1v) is 7.44. The van der Waals surface area contributed by atoms with Crippen molar-refractivity contribution in [2.24, 2.45) is 0 Å². The molecule has 0 spiro atoms. The van der Waals surface area contributed by atoms with Crippen molar-refractivity contribution in [2.45, 2.75) is 6.92 Å². The molecule has 0 saturated carbocycles. The summed E-state index contributed by atoms with van der Waals surface area (Å²) in [4.78, 5) is 24.4. The van der Waals surface area contributed by atoms with Crippen molar-refractivity contribution in [3.8, 4) is 5.75 Å². The number of rotatable bonds is 4. The minimum atomic E-state index is -0.402. The van der Waals surface area contributed by atoms with E-state index in [4.69, 9.17) is 11.6 Å². The Kier molecular flexibility index (Phi) is 4.82. The summed E-state index contributed by atoms with van der Waals surface area (Å²) >= 11 is 7.02. The topological polar surface area (TPSA) is 78.4 Å². The number of phenolic OH excluding ortho intramolecular Hbond substituents is 1. The van der Waals surface area contributed by atoms with Crippen molar-refractivity contribution in [1.82, 2.24) is 5.32 Å². The Morgan fingerprint density at radius 3 is 2.71 bits per heavy atom. The molecule has 1 aromatic carbocycles. The molecule has 3 N–H and O–H groups in total. The highest BCUT2D eigenvalue weighted by molar-refractivity contribution is 7.12. The number of aromatic hydroxyl groups is 1. The number of anilines is 1. The second-order valence-electron chi connectivity index (χ2n) is 4.14. The Bertz CT molecular complexity index is 685. The molecule has 2 rings (SSSR count). The molecule has 0 aliphatic rings. The maximum absolute atomic E-state index is 12.1. The second kappa shape index (κ2) is 6.60. The summed E-state index contributed by atoms with van der Waals surface area (Å²) < 4.78 is 0. The fourth-order valence-corrected chi connectivity index (χ4v) is 2.61. The normalized spacial score (nSPS) is 10.2. The highest BCUT2D eigenvalue weighted by atomic mass is 35.5. The van der Waals surface area contributed by atoms with E-state index in [1.54, 1.807) is 11.4 Å². The summed E-state index contributed by atoms with van der Waals surface area (Å²) in [6.07, 6.45) is 0. The van der Waals surface area contributed by atoms with Crippen LogP contribution in [0.15, 0.2) is 29.6 Å². The highest BCUT2D eigenvalue weighted by Gasteiger charge is 2.16. The first-order valence-electron chi connectivity index (χ1n) is 6.18. The largest absolute Gasteiger partial charge is 0.506 e. The number of benzene rings is 1. The number of carbonyl (C=O) groups is 2. The average Bonchev–Trinajstić information content (AvgIpc) is 2.90. The lowest BCUT2D eigenvalue weighted by Crippen LogP contribution is -2.23. The van der Waals surface area contributed by atoms with Gasteiger partial charge in [0, 0.05) is 12.1 Å². The predicted molar refractivity (Wildman–Crippen MR) is 83.4 cm³/mol. The zero-order chi connectivity index (χ0) is 15.4. The van der Waals surface area contributed by atoms with Crippen molar-refractivity contribution in [3.05, 3.63) is 45.1 Å². The van der Waals surface area contributed by atoms with E-state index >= 15 is 0 Å². The van der Waals surface area contributed by atoms with Gasteiger partial charge in [0.05, 0.1) is 10.7 Å². The summed E-state index contributed by atoms with van der Waals surface area (Å²) in [5.74, 6) is -0.723. The number of phenols is 1. The molecule has 5 nitrogen and oxygen atoms in total. The van der Waals surface area contributed by atoms with E-state index < -0.39 is 5.91 Å². The summed E-state index contributed by atoms with van der Waals surface area (Å²) in [5.41, 5.74) is 0.742. The summed E-state index contributed by atoms with van der Waals surface area (Å²) in [7, 11) is 0. The van der Waals surface area contributed by atoms with E-state index in [-0.39, 0.29) is 16.7 Å². The van der Waals surface area contributed by atoms with E-state index in [1.165, 1.54) is 29.5 Å². The highest BCUT2D eigenvalue weighted by Crippen LogP contribution is 2.26. The van der Waals surface area contributed by atoms with Crippen LogP contribution in [0, 0.1) is 0 Å². The van der Waals surface area contributed by atoms with Crippen LogP contribution in [0.5, 0.6) is 5.75 Å². The molecule has 0 saturated heterocycles. The van der Waals surface area contributed by atoms with Crippen LogP contribution in [0.25, 0.3) is 0 Å². The Hall–Kier alpha value is -2.05. The molecule has 2 amide bonds. The minimum absolute atomic E-state index is 0.0910. The predicted octanol–water partition coefficient (Wildman–Crippen LogP) is 3.11. The third-order valence-electron chi connectivity index (χ3n) is 2.67. The van der Waals surface area contributed by atoms with Crippen molar-refractivity contribution in [3.63, 3.8) is 0 Å².